The minimum atomic E-state index is 0.482. The van der Waals surface area contributed by atoms with Crippen molar-refractivity contribution in [3.63, 3.8) is 0 Å². The molecule has 12 heteroatoms. The smallest absolute Gasteiger partial charge is 0.129 e. The molecule has 0 radical (unpaired) electrons. The van der Waals surface area contributed by atoms with Crippen molar-refractivity contribution in [2.75, 3.05) is 65.7 Å². The Morgan fingerprint density at radius 2 is 1.36 bits per heavy atom. The van der Waals surface area contributed by atoms with Gasteiger partial charge in [-0.05, 0) is 66.5 Å². The Kier molecular flexibility index (Phi) is 12.8. The van der Waals surface area contributed by atoms with Crippen LogP contribution in [0, 0.1) is 3.57 Å². The third-order valence-electron chi connectivity index (χ3n) is 8.04. The zero-order valence-electron chi connectivity index (χ0n) is 25.9. The molecule has 44 heavy (non-hydrogen) atoms. The predicted octanol–water partition coefficient (Wildman–Crippen LogP) is 5.20. The van der Waals surface area contributed by atoms with Crippen LogP contribution in [0.4, 0.5) is 0 Å². The summed E-state index contributed by atoms with van der Waals surface area (Å²) in [7, 11) is 0. The highest BCUT2D eigenvalue weighted by Gasteiger charge is 2.14. The molecule has 10 nitrogen and oxygen atoms in total. The van der Waals surface area contributed by atoms with Crippen molar-refractivity contribution in [2.45, 2.75) is 52.6 Å². The predicted molar refractivity (Wildman–Crippen MR) is 183 cm³/mol. The van der Waals surface area contributed by atoms with Crippen molar-refractivity contribution in [2.24, 2.45) is 0 Å². The summed E-state index contributed by atoms with van der Waals surface area (Å²) in [6.07, 6.45) is 10.3. The second-order valence-corrected chi connectivity index (χ2v) is 12.7. The van der Waals surface area contributed by atoms with E-state index in [-0.39, 0.29) is 0 Å². The van der Waals surface area contributed by atoms with E-state index in [2.05, 4.69) is 83.1 Å². The Hall–Kier alpha value is -2.16. The molecular formula is C32H44ClIN8O2. The van der Waals surface area contributed by atoms with Crippen LogP contribution in [-0.4, -0.2) is 105 Å². The number of aryl methyl sites for hydroxylation is 4. The molecule has 0 amide bonds. The van der Waals surface area contributed by atoms with E-state index in [1.54, 1.807) is 6.07 Å². The summed E-state index contributed by atoms with van der Waals surface area (Å²) in [5.74, 6) is 0. The van der Waals surface area contributed by atoms with Crippen LogP contribution < -0.4 is 0 Å². The van der Waals surface area contributed by atoms with Gasteiger partial charge in [-0.1, -0.05) is 25.4 Å². The van der Waals surface area contributed by atoms with Crippen molar-refractivity contribution < 1.29 is 9.47 Å². The summed E-state index contributed by atoms with van der Waals surface area (Å²) in [5.41, 5.74) is 6.12. The monoisotopic (exact) mass is 734 g/mol. The lowest BCUT2D eigenvalue weighted by Gasteiger charge is -2.26. The van der Waals surface area contributed by atoms with Gasteiger partial charge in [0.1, 0.15) is 5.15 Å². The fourth-order valence-electron chi connectivity index (χ4n) is 5.56. The van der Waals surface area contributed by atoms with Gasteiger partial charge in [-0.2, -0.15) is 10.2 Å². The summed E-state index contributed by atoms with van der Waals surface area (Å²) in [4.78, 5) is 13.8. The largest absolute Gasteiger partial charge is 0.379 e. The van der Waals surface area contributed by atoms with Crippen LogP contribution in [-0.2, 0) is 35.4 Å². The summed E-state index contributed by atoms with van der Waals surface area (Å²) >= 11 is 8.40. The molecule has 0 aliphatic carbocycles. The quantitative estimate of drug-likeness (QED) is 0.154. The standard InChI is InChI=1S/C20H24ClN5O.C12H20IN3O/c1-2-17-16(15-12-19-18(22-13-15)4-5-20(21)23-19)14-26(24-17)7-3-6-25-8-10-27-11-9-25;1-2-12-11(13)10-16(14-12)5-3-4-15-6-8-17-9-7-15/h4-5,12-14H,2-3,6-11H2,1H3;10H,2-9H2,1H3. The zero-order valence-corrected chi connectivity index (χ0v) is 28.8. The zero-order chi connectivity index (χ0) is 30.7. The number of rotatable bonds is 11. The molecule has 2 aliphatic rings. The number of pyridine rings is 2. The van der Waals surface area contributed by atoms with Crippen LogP contribution in [0.2, 0.25) is 5.15 Å². The van der Waals surface area contributed by atoms with E-state index in [0.29, 0.717) is 5.15 Å². The van der Waals surface area contributed by atoms with Crippen LogP contribution in [0.1, 0.15) is 38.1 Å². The Labute approximate surface area is 279 Å². The van der Waals surface area contributed by atoms with Crippen LogP contribution in [0.3, 0.4) is 0 Å². The number of fused-ring (bicyclic) bond motifs is 1. The highest BCUT2D eigenvalue weighted by molar-refractivity contribution is 14.1. The molecule has 0 saturated carbocycles. The topological polar surface area (TPSA) is 86.4 Å². The van der Waals surface area contributed by atoms with Crippen molar-refractivity contribution >= 4 is 45.2 Å². The van der Waals surface area contributed by atoms with Gasteiger partial charge in [-0.3, -0.25) is 24.1 Å². The number of halogens is 2. The molecule has 4 aromatic rings. The minimum absolute atomic E-state index is 0.482. The van der Waals surface area contributed by atoms with Gasteiger partial charge < -0.3 is 9.47 Å². The number of ether oxygens (including phenoxy) is 2. The molecule has 2 saturated heterocycles. The van der Waals surface area contributed by atoms with Crippen LogP contribution in [0.15, 0.2) is 36.8 Å². The summed E-state index contributed by atoms with van der Waals surface area (Å²) in [6.45, 7) is 16.1. The lowest BCUT2D eigenvalue weighted by Crippen LogP contribution is -2.37. The van der Waals surface area contributed by atoms with Gasteiger partial charge in [-0.15, -0.1) is 0 Å². The second-order valence-electron chi connectivity index (χ2n) is 11.2. The van der Waals surface area contributed by atoms with Gasteiger partial charge in [0.25, 0.3) is 0 Å². The first-order valence-corrected chi connectivity index (χ1v) is 17.3. The van der Waals surface area contributed by atoms with E-state index in [0.717, 1.165) is 126 Å². The lowest BCUT2D eigenvalue weighted by molar-refractivity contribution is 0.0367. The van der Waals surface area contributed by atoms with Gasteiger partial charge in [0.15, 0.2) is 0 Å². The average Bonchev–Trinajstić information content (AvgIpc) is 3.64. The van der Waals surface area contributed by atoms with Gasteiger partial charge in [0.05, 0.1) is 52.4 Å². The van der Waals surface area contributed by atoms with Crippen LogP contribution in [0.5, 0.6) is 0 Å². The van der Waals surface area contributed by atoms with E-state index < -0.39 is 0 Å². The maximum atomic E-state index is 6.03. The number of nitrogens with zero attached hydrogens (tertiary/aromatic N) is 8. The van der Waals surface area contributed by atoms with Gasteiger partial charge in [0, 0.05) is 82.1 Å². The molecule has 2 aliphatic heterocycles. The minimum Gasteiger partial charge on any atom is -0.379 e. The molecule has 4 aromatic heterocycles. The second kappa shape index (κ2) is 17.0. The van der Waals surface area contributed by atoms with E-state index in [1.807, 2.05) is 18.3 Å². The van der Waals surface area contributed by atoms with Crippen LogP contribution >= 0.6 is 34.2 Å². The Balaban J connectivity index is 0.000000195. The molecule has 2 fully saturated rings. The van der Waals surface area contributed by atoms with Crippen LogP contribution in [0.25, 0.3) is 22.2 Å². The Morgan fingerprint density at radius 3 is 1.95 bits per heavy atom. The van der Waals surface area contributed by atoms with Gasteiger partial charge in [-0.25, -0.2) is 4.98 Å². The molecule has 6 heterocycles. The first-order chi connectivity index (χ1) is 21.5. The highest BCUT2D eigenvalue weighted by atomic mass is 127. The number of aromatic nitrogens is 6. The van der Waals surface area contributed by atoms with Gasteiger partial charge >= 0.3 is 0 Å². The molecule has 0 bridgehead atoms. The maximum absolute atomic E-state index is 6.03. The molecule has 6 rings (SSSR count). The van der Waals surface area contributed by atoms with Gasteiger partial charge in [0.2, 0.25) is 0 Å². The Bertz CT molecular complexity index is 1470. The summed E-state index contributed by atoms with van der Waals surface area (Å²) in [5, 5.41) is 9.84. The van der Waals surface area contributed by atoms with E-state index in [1.165, 1.54) is 15.7 Å². The third-order valence-corrected chi connectivity index (χ3v) is 9.15. The normalized spacial score (nSPS) is 16.3. The lowest BCUT2D eigenvalue weighted by atomic mass is 10.1. The number of hydrogen-bond donors (Lipinski definition) is 0. The molecular weight excluding hydrogens is 691 g/mol. The molecule has 0 unspecified atom stereocenters. The van der Waals surface area contributed by atoms with Crippen molar-refractivity contribution in [3.05, 3.63) is 56.9 Å². The van der Waals surface area contributed by atoms with Crippen molar-refractivity contribution in [1.82, 2.24) is 39.3 Å². The van der Waals surface area contributed by atoms with E-state index in [4.69, 9.17) is 26.2 Å². The number of morpholine rings is 2. The number of hydrogen-bond acceptors (Lipinski definition) is 8. The van der Waals surface area contributed by atoms with Crippen molar-refractivity contribution in [1.29, 1.82) is 0 Å². The molecule has 0 spiro atoms. The Morgan fingerprint density at radius 1 is 0.773 bits per heavy atom. The summed E-state index contributed by atoms with van der Waals surface area (Å²) in [6, 6.07) is 5.70. The fourth-order valence-corrected chi connectivity index (χ4v) is 6.53. The molecule has 0 atom stereocenters. The van der Waals surface area contributed by atoms with E-state index in [9.17, 15) is 0 Å². The van der Waals surface area contributed by atoms with Crippen molar-refractivity contribution in [3.8, 4) is 11.1 Å². The molecule has 238 valence electrons. The average molecular weight is 735 g/mol. The third kappa shape index (κ3) is 9.43. The summed E-state index contributed by atoms with van der Waals surface area (Å²) < 4.78 is 16.2. The fraction of sp³-hybridized carbons (Fsp3) is 0.562. The first kappa shape index (κ1) is 33.2. The maximum Gasteiger partial charge on any atom is 0.129 e. The SMILES string of the molecule is CCc1nn(CCCN2CCOCC2)cc1-c1cnc2ccc(Cl)nc2c1.CCc1nn(CCCN2CCOCC2)cc1I. The first-order valence-electron chi connectivity index (χ1n) is 15.8. The highest BCUT2D eigenvalue weighted by Crippen LogP contribution is 2.26. The molecule has 0 N–H and O–H groups in total. The molecule has 0 aromatic carbocycles. The van der Waals surface area contributed by atoms with E-state index >= 15 is 0 Å².